The summed E-state index contributed by atoms with van der Waals surface area (Å²) in [6.07, 6.45) is 5.99. The topological polar surface area (TPSA) is 69.8 Å². The summed E-state index contributed by atoms with van der Waals surface area (Å²) in [4.78, 5) is 11.9. The minimum Gasteiger partial charge on any atom is -0.338 e. The second kappa shape index (κ2) is 6.86. The fraction of sp³-hybridized carbons (Fsp3) is 0.444. The van der Waals surface area contributed by atoms with Gasteiger partial charge < -0.3 is 10.6 Å². The number of benzene rings is 1. The van der Waals surface area contributed by atoms with Gasteiger partial charge in [0.2, 0.25) is 0 Å². The molecule has 3 rings (SSSR count). The zero-order valence-corrected chi connectivity index (χ0v) is 13.6. The molecule has 0 radical (unpaired) electrons. The van der Waals surface area contributed by atoms with Gasteiger partial charge in [0.15, 0.2) is 0 Å². The summed E-state index contributed by atoms with van der Waals surface area (Å²) in [5.41, 5.74) is 3.81. The smallest absolute Gasteiger partial charge is 0.314 e. The van der Waals surface area contributed by atoms with Crippen LogP contribution in [-0.4, -0.2) is 29.3 Å². The lowest BCUT2D eigenvalue weighted by molar-refractivity contribution is 0.239. The van der Waals surface area contributed by atoms with E-state index in [0.717, 1.165) is 31.4 Å². The van der Waals surface area contributed by atoms with E-state index in [1.54, 1.807) is 0 Å². The lowest BCUT2D eigenvalue weighted by Gasteiger charge is -2.17. The predicted molar refractivity (Wildman–Crippen MR) is 90.4 cm³/mol. The Morgan fingerprint density at radius 1 is 1.26 bits per heavy atom. The molecule has 23 heavy (non-hydrogen) atoms. The van der Waals surface area contributed by atoms with Crippen molar-refractivity contribution in [1.29, 1.82) is 0 Å². The van der Waals surface area contributed by atoms with Crippen molar-refractivity contribution in [1.82, 2.24) is 20.8 Å². The summed E-state index contributed by atoms with van der Waals surface area (Å²) >= 11 is 0. The molecule has 5 heteroatoms. The first-order valence-electron chi connectivity index (χ1n) is 8.26. The average molecular weight is 312 g/mol. The number of aryl methyl sites for hydroxylation is 2. The molecular weight excluding hydrogens is 288 g/mol. The van der Waals surface area contributed by atoms with Crippen LogP contribution in [0.4, 0.5) is 4.79 Å². The van der Waals surface area contributed by atoms with E-state index in [0.29, 0.717) is 13.1 Å². The second-order valence-electron chi connectivity index (χ2n) is 6.38. The Morgan fingerprint density at radius 3 is 2.70 bits per heavy atom. The van der Waals surface area contributed by atoms with Crippen molar-refractivity contribution in [3.05, 3.63) is 53.3 Å². The van der Waals surface area contributed by atoms with Gasteiger partial charge in [-0.25, -0.2) is 4.79 Å². The molecule has 1 aliphatic carbocycles. The van der Waals surface area contributed by atoms with Crippen molar-refractivity contribution >= 4 is 6.03 Å². The van der Waals surface area contributed by atoms with E-state index < -0.39 is 0 Å². The molecule has 1 heterocycles. The molecule has 3 N–H and O–H groups in total. The largest absolute Gasteiger partial charge is 0.338 e. The molecule has 1 aliphatic rings. The maximum absolute atomic E-state index is 11.9. The molecule has 2 aromatic rings. The van der Waals surface area contributed by atoms with Crippen molar-refractivity contribution in [3.63, 3.8) is 0 Å². The van der Waals surface area contributed by atoms with Gasteiger partial charge in [0.25, 0.3) is 0 Å². The van der Waals surface area contributed by atoms with Crippen molar-refractivity contribution in [2.45, 2.75) is 38.0 Å². The fourth-order valence-corrected chi connectivity index (χ4v) is 2.93. The molecule has 1 aromatic heterocycles. The first-order valence-corrected chi connectivity index (χ1v) is 8.26. The number of hydrogen-bond acceptors (Lipinski definition) is 2. The fourth-order valence-electron chi connectivity index (χ4n) is 2.93. The summed E-state index contributed by atoms with van der Waals surface area (Å²) in [6.45, 7) is 3.40. The lowest BCUT2D eigenvalue weighted by atomic mass is 9.96. The van der Waals surface area contributed by atoms with Gasteiger partial charge in [-0.05, 0) is 43.7 Å². The Bertz CT molecular complexity index is 646. The number of nitrogens with one attached hydrogen (secondary N) is 3. The van der Waals surface area contributed by atoms with Gasteiger partial charge in [-0.3, -0.25) is 5.10 Å². The number of hydrogen-bond donors (Lipinski definition) is 3. The SMILES string of the molecule is Cc1[nH]ncc1CCCNC(=O)NCC1(c2ccccc2)CC1. The maximum Gasteiger partial charge on any atom is 0.314 e. The molecule has 122 valence electrons. The third-order valence-electron chi connectivity index (χ3n) is 4.67. The van der Waals surface area contributed by atoms with Gasteiger partial charge in [0, 0.05) is 24.2 Å². The van der Waals surface area contributed by atoms with Crippen LogP contribution in [0.2, 0.25) is 0 Å². The summed E-state index contributed by atoms with van der Waals surface area (Å²) in [5, 5.41) is 12.9. The van der Waals surface area contributed by atoms with Gasteiger partial charge in [-0.1, -0.05) is 30.3 Å². The van der Waals surface area contributed by atoms with Crippen LogP contribution < -0.4 is 10.6 Å². The normalized spacial score (nSPS) is 15.2. The monoisotopic (exact) mass is 312 g/mol. The molecule has 1 saturated carbocycles. The first-order chi connectivity index (χ1) is 11.2. The van der Waals surface area contributed by atoms with Gasteiger partial charge in [-0.15, -0.1) is 0 Å². The maximum atomic E-state index is 11.9. The number of H-pyrrole nitrogens is 1. The minimum absolute atomic E-state index is 0.0730. The highest BCUT2D eigenvalue weighted by molar-refractivity contribution is 5.74. The van der Waals surface area contributed by atoms with Crippen LogP contribution in [0.25, 0.3) is 0 Å². The Balaban J connectivity index is 1.36. The molecule has 0 bridgehead atoms. The van der Waals surface area contributed by atoms with Crippen LogP contribution in [0.5, 0.6) is 0 Å². The van der Waals surface area contributed by atoms with Crippen molar-refractivity contribution in [3.8, 4) is 0 Å². The second-order valence-corrected chi connectivity index (χ2v) is 6.38. The standard InChI is InChI=1S/C18H24N4O/c1-14-15(12-21-22-14)6-5-11-19-17(23)20-13-18(9-10-18)16-7-3-2-4-8-16/h2-4,7-8,12H,5-6,9-11,13H2,1H3,(H,21,22)(H2,19,20,23). The summed E-state index contributed by atoms with van der Waals surface area (Å²) in [5.74, 6) is 0. The number of aromatic amines is 1. The predicted octanol–water partition coefficient (Wildman–Crippen LogP) is 2.68. The molecule has 1 aromatic carbocycles. The van der Waals surface area contributed by atoms with Crippen LogP contribution in [0.3, 0.4) is 0 Å². The van der Waals surface area contributed by atoms with Crippen LogP contribution in [0.15, 0.2) is 36.5 Å². The van der Waals surface area contributed by atoms with Crippen LogP contribution >= 0.6 is 0 Å². The van der Waals surface area contributed by atoms with Crippen molar-refractivity contribution < 1.29 is 4.79 Å². The lowest BCUT2D eigenvalue weighted by Crippen LogP contribution is -2.40. The molecule has 0 unspecified atom stereocenters. The van der Waals surface area contributed by atoms with Gasteiger partial charge in [0.1, 0.15) is 0 Å². The third kappa shape index (κ3) is 3.92. The molecule has 1 fully saturated rings. The molecule has 0 spiro atoms. The summed E-state index contributed by atoms with van der Waals surface area (Å²) in [6, 6.07) is 10.4. The number of nitrogens with zero attached hydrogens (tertiary/aromatic N) is 1. The quantitative estimate of drug-likeness (QED) is 0.688. The Morgan fingerprint density at radius 2 is 2.04 bits per heavy atom. The number of rotatable bonds is 7. The van der Waals surface area contributed by atoms with E-state index in [1.807, 2.05) is 19.2 Å². The summed E-state index contributed by atoms with van der Waals surface area (Å²) < 4.78 is 0. The Hall–Kier alpha value is -2.30. The number of amides is 2. The molecule has 0 aliphatic heterocycles. The number of aromatic nitrogens is 2. The minimum atomic E-state index is -0.0730. The van der Waals surface area contributed by atoms with E-state index in [9.17, 15) is 4.79 Å². The highest BCUT2D eigenvalue weighted by Crippen LogP contribution is 2.47. The van der Waals surface area contributed by atoms with Gasteiger partial charge in [0.05, 0.1) is 6.20 Å². The van der Waals surface area contributed by atoms with Crippen LogP contribution in [-0.2, 0) is 11.8 Å². The van der Waals surface area contributed by atoms with Gasteiger partial charge in [-0.2, -0.15) is 5.10 Å². The van der Waals surface area contributed by atoms with Crippen LogP contribution in [0.1, 0.15) is 36.1 Å². The number of urea groups is 1. The van der Waals surface area contributed by atoms with E-state index in [-0.39, 0.29) is 11.4 Å². The average Bonchev–Trinajstić information content (AvgIpc) is 3.27. The Labute approximate surface area is 136 Å². The molecule has 0 saturated heterocycles. The molecule has 2 amide bonds. The highest BCUT2D eigenvalue weighted by atomic mass is 16.2. The zero-order chi connectivity index (χ0) is 16.1. The molecular formula is C18H24N4O. The molecule has 5 nitrogen and oxygen atoms in total. The van der Waals surface area contributed by atoms with E-state index in [2.05, 4.69) is 45.1 Å². The van der Waals surface area contributed by atoms with Gasteiger partial charge >= 0.3 is 6.03 Å². The number of carbonyl (C=O) groups is 1. The van der Waals surface area contributed by atoms with Crippen molar-refractivity contribution in [2.24, 2.45) is 0 Å². The van der Waals surface area contributed by atoms with E-state index in [4.69, 9.17) is 0 Å². The van der Waals surface area contributed by atoms with Crippen molar-refractivity contribution in [2.75, 3.05) is 13.1 Å². The van der Waals surface area contributed by atoms with E-state index >= 15 is 0 Å². The summed E-state index contributed by atoms with van der Waals surface area (Å²) in [7, 11) is 0. The highest BCUT2D eigenvalue weighted by Gasteiger charge is 2.44. The van der Waals surface area contributed by atoms with Crippen LogP contribution in [0, 0.1) is 6.92 Å². The Kier molecular flexibility index (Phi) is 4.65. The zero-order valence-electron chi connectivity index (χ0n) is 13.6. The molecule has 0 atom stereocenters. The first kappa shape index (κ1) is 15.6. The third-order valence-corrected chi connectivity index (χ3v) is 4.67. The number of carbonyl (C=O) groups excluding carboxylic acids is 1. The van der Waals surface area contributed by atoms with E-state index in [1.165, 1.54) is 11.1 Å².